The average molecular weight is 439 g/mol. The topological polar surface area (TPSA) is 125 Å². The van der Waals surface area contributed by atoms with E-state index in [4.69, 9.17) is 10.5 Å². The van der Waals surface area contributed by atoms with E-state index in [2.05, 4.69) is 19.7 Å². The van der Waals surface area contributed by atoms with Gasteiger partial charge in [0.25, 0.3) is 6.01 Å². The van der Waals surface area contributed by atoms with Crippen molar-refractivity contribution in [3.05, 3.63) is 35.4 Å². The summed E-state index contributed by atoms with van der Waals surface area (Å²) in [4.78, 5) is 23.5. The summed E-state index contributed by atoms with van der Waals surface area (Å²) >= 11 is 0. The maximum atomic E-state index is 12.3. The second kappa shape index (κ2) is 9.06. The van der Waals surface area contributed by atoms with Gasteiger partial charge in [-0.3, -0.25) is 9.36 Å². The summed E-state index contributed by atoms with van der Waals surface area (Å²) in [5.74, 6) is -0.467. The number of halogens is 3. The molecule has 0 amide bonds. The van der Waals surface area contributed by atoms with E-state index in [1.807, 2.05) is 0 Å². The van der Waals surface area contributed by atoms with Crippen LogP contribution in [0.1, 0.15) is 24.0 Å². The summed E-state index contributed by atoms with van der Waals surface area (Å²) in [7, 11) is 1.30. The highest BCUT2D eigenvalue weighted by Gasteiger charge is 2.26. The predicted octanol–water partition coefficient (Wildman–Crippen LogP) is 2.60. The van der Waals surface area contributed by atoms with Crippen LogP contribution in [0.3, 0.4) is 0 Å². The Bertz CT molecular complexity index is 1080. The number of methoxy groups -OCH3 is 1. The minimum atomic E-state index is -4.28. The number of aromatic hydroxyl groups is 1. The number of anilines is 1. The molecule has 0 atom stereocenters. The van der Waals surface area contributed by atoms with Crippen LogP contribution in [0.4, 0.5) is 19.0 Å². The number of imidazole rings is 1. The zero-order valence-electron chi connectivity index (χ0n) is 16.5. The highest BCUT2D eigenvalue weighted by Crippen LogP contribution is 2.26. The number of carbonyl (C=O) groups is 1. The predicted molar refractivity (Wildman–Crippen MR) is 103 cm³/mol. The van der Waals surface area contributed by atoms with E-state index in [9.17, 15) is 23.1 Å². The van der Waals surface area contributed by atoms with Gasteiger partial charge in [0.2, 0.25) is 0 Å². The van der Waals surface area contributed by atoms with Crippen LogP contribution in [0, 0.1) is 0 Å². The monoisotopic (exact) mass is 439 g/mol. The Balaban J connectivity index is 1.82. The Labute approximate surface area is 174 Å². The van der Waals surface area contributed by atoms with Gasteiger partial charge in [0, 0.05) is 6.42 Å². The molecule has 9 nitrogen and oxygen atoms in total. The molecule has 166 valence electrons. The summed E-state index contributed by atoms with van der Waals surface area (Å²) in [6.07, 6.45) is -5.44. The smallest absolute Gasteiger partial charge is 0.389 e. The van der Waals surface area contributed by atoms with E-state index < -0.39 is 12.6 Å². The summed E-state index contributed by atoms with van der Waals surface area (Å²) in [5.41, 5.74) is 7.60. The highest BCUT2D eigenvalue weighted by atomic mass is 19.4. The summed E-state index contributed by atoms with van der Waals surface area (Å²) in [5, 5.41) is 10.3. The number of hydrogen-bond donors (Lipinski definition) is 2. The van der Waals surface area contributed by atoms with Gasteiger partial charge in [-0.2, -0.15) is 28.1 Å². The molecule has 2 aromatic heterocycles. The number of fused-ring (bicyclic) bond motifs is 1. The van der Waals surface area contributed by atoms with Gasteiger partial charge in [-0.05, 0) is 17.5 Å². The largest absolute Gasteiger partial charge is 0.480 e. The Morgan fingerprint density at radius 3 is 2.68 bits per heavy atom. The molecule has 3 rings (SSSR count). The zero-order chi connectivity index (χ0) is 22.6. The summed E-state index contributed by atoms with van der Waals surface area (Å²) < 4.78 is 48.0. The van der Waals surface area contributed by atoms with Gasteiger partial charge in [0.05, 0.1) is 26.7 Å². The van der Waals surface area contributed by atoms with E-state index >= 15 is 0 Å². The van der Waals surface area contributed by atoms with Crippen LogP contribution < -0.4 is 10.5 Å². The van der Waals surface area contributed by atoms with E-state index in [0.717, 1.165) is 11.1 Å². The first-order chi connectivity index (χ1) is 14.7. The van der Waals surface area contributed by atoms with Crippen molar-refractivity contribution in [3.63, 3.8) is 0 Å². The molecule has 0 aliphatic heterocycles. The number of alkyl halides is 3. The lowest BCUT2D eigenvalue weighted by atomic mass is 10.1. The first-order valence-corrected chi connectivity index (χ1v) is 9.23. The highest BCUT2D eigenvalue weighted by molar-refractivity contribution is 5.83. The van der Waals surface area contributed by atoms with Gasteiger partial charge in [-0.1, -0.05) is 24.3 Å². The third-order valence-corrected chi connectivity index (χ3v) is 4.32. The normalized spacial score (nSPS) is 11.6. The summed E-state index contributed by atoms with van der Waals surface area (Å²) in [6, 6.07) is 6.48. The molecule has 3 aromatic rings. The SMILES string of the molecule is COC(=O)Cc1cccc(Cn2c(O)nc3c(N)nc(OCCCC(F)(F)F)nc32)c1. The van der Waals surface area contributed by atoms with Crippen molar-refractivity contribution in [2.24, 2.45) is 0 Å². The number of nitrogen functional groups attached to an aromatic ring is 1. The van der Waals surface area contributed by atoms with Gasteiger partial charge in [0.1, 0.15) is 0 Å². The van der Waals surface area contributed by atoms with Crippen LogP contribution >= 0.6 is 0 Å². The lowest BCUT2D eigenvalue weighted by molar-refractivity contribution is -0.140. The van der Waals surface area contributed by atoms with Crippen molar-refractivity contribution in [2.45, 2.75) is 32.0 Å². The van der Waals surface area contributed by atoms with Gasteiger partial charge < -0.3 is 20.3 Å². The van der Waals surface area contributed by atoms with Crippen molar-refractivity contribution in [1.82, 2.24) is 19.5 Å². The molecule has 3 N–H and O–H groups in total. The number of hydrogen-bond acceptors (Lipinski definition) is 8. The lowest BCUT2D eigenvalue weighted by Gasteiger charge is -2.09. The molecule has 0 radical (unpaired) electrons. The molecule has 31 heavy (non-hydrogen) atoms. The fraction of sp³-hybridized carbons (Fsp3) is 0.368. The Morgan fingerprint density at radius 1 is 1.23 bits per heavy atom. The maximum Gasteiger partial charge on any atom is 0.389 e. The third kappa shape index (κ3) is 5.74. The molecule has 0 unspecified atom stereocenters. The van der Waals surface area contributed by atoms with Crippen LogP contribution in [0.2, 0.25) is 0 Å². The number of ether oxygens (including phenoxy) is 2. The standard InChI is InChI=1S/C19H20F3N5O4/c1-30-13(28)9-11-4-2-5-12(8-11)10-27-16-14(24-18(27)29)15(23)25-17(26-16)31-7-3-6-19(20,21)22/h2,4-5,8H,3,6-7,9-10H2,1H3,(H,24,29)(H2,23,25,26). The number of carbonyl (C=O) groups excluding carboxylic acids is 1. The number of esters is 1. The molecule has 0 spiro atoms. The minimum Gasteiger partial charge on any atom is -0.480 e. The first kappa shape index (κ1) is 22.1. The number of rotatable bonds is 8. The van der Waals surface area contributed by atoms with Crippen molar-refractivity contribution >= 4 is 23.0 Å². The Morgan fingerprint density at radius 2 is 1.97 bits per heavy atom. The molecule has 2 heterocycles. The first-order valence-electron chi connectivity index (χ1n) is 9.23. The maximum absolute atomic E-state index is 12.3. The van der Waals surface area contributed by atoms with Crippen LogP contribution in [0.15, 0.2) is 24.3 Å². The minimum absolute atomic E-state index is 0.0793. The van der Waals surface area contributed by atoms with E-state index in [1.54, 1.807) is 24.3 Å². The van der Waals surface area contributed by atoms with E-state index in [-0.39, 0.29) is 61.0 Å². The number of benzene rings is 1. The quantitative estimate of drug-likeness (QED) is 0.405. The number of nitrogens with zero attached hydrogens (tertiary/aromatic N) is 4. The molecular formula is C19H20F3N5O4. The van der Waals surface area contributed by atoms with Gasteiger partial charge in [0.15, 0.2) is 17.0 Å². The van der Waals surface area contributed by atoms with Crippen LogP contribution in [0.5, 0.6) is 12.0 Å². The van der Waals surface area contributed by atoms with E-state index in [0.29, 0.717) is 0 Å². The molecule has 1 aromatic carbocycles. The van der Waals surface area contributed by atoms with Crippen LogP contribution in [0.25, 0.3) is 11.2 Å². The van der Waals surface area contributed by atoms with E-state index in [1.165, 1.54) is 11.7 Å². The molecule has 0 bridgehead atoms. The molecule has 0 aliphatic rings. The molecule has 0 saturated carbocycles. The van der Waals surface area contributed by atoms with Crippen molar-refractivity contribution in [2.75, 3.05) is 19.5 Å². The average Bonchev–Trinajstić information content (AvgIpc) is 3.01. The molecule has 0 aliphatic carbocycles. The van der Waals surface area contributed by atoms with Crippen molar-refractivity contribution in [3.8, 4) is 12.0 Å². The molecule has 0 fully saturated rings. The Kier molecular flexibility index (Phi) is 6.47. The van der Waals surface area contributed by atoms with Crippen molar-refractivity contribution < 1.29 is 32.5 Å². The fourth-order valence-electron chi connectivity index (χ4n) is 2.90. The lowest BCUT2D eigenvalue weighted by Crippen LogP contribution is -2.11. The molecule has 12 heteroatoms. The van der Waals surface area contributed by atoms with Gasteiger partial charge in [-0.25, -0.2) is 0 Å². The zero-order valence-corrected chi connectivity index (χ0v) is 16.5. The van der Waals surface area contributed by atoms with Gasteiger partial charge in [-0.15, -0.1) is 0 Å². The van der Waals surface area contributed by atoms with Gasteiger partial charge >= 0.3 is 18.2 Å². The summed E-state index contributed by atoms with van der Waals surface area (Å²) in [6.45, 7) is -0.110. The number of aromatic nitrogens is 4. The fourth-order valence-corrected chi connectivity index (χ4v) is 2.90. The number of nitrogens with two attached hydrogens (primary N) is 1. The Hall–Kier alpha value is -3.57. The second-order valence-corrected chi connectivity index (χ2v) is 6.70. The molecule has 0 saturated heterocycles. The second-order valence-electron chi connectivity index (χ2n) is 6.70. The van der Waals surface area contributed by atoms with Crippen LogP contribution in [-0.2, 0) is 22.5 Å². The third-order valence-electron chi connectivity index (χ3n) is 4.32. The van der Waals surface area contributed by atoms with Crippen LogP contribution in [-0.4, -0.2) is 50.5 Å². The molecular weight excluding hydrogens is 419 g/mol. The van der Waals surface area contributed by atoms with Crippen molar-refractivity contribution in [1.29, 1.82) is 0 Å².